The van der Waals surface area contributed by atoms with Gasteiger partial charge in [-0.25, -0.2) is 0 Å². The zero-order valence-corrected chi connectivity index (χ0v) is 18.4. The summed E-state index contributed by atoms with van der Waals surface area (Å²) in [7, 11) is 2.96. The second-order valence-corrected chi connectivity index (χ2v) is 7.18. The minimum absolute atomic E-state index is 0.0870. The summed E-state index contributed by atoms with van der Waals surface area (Å²) in [6.07, 6.45) is 1.45. The maximum atomic E-state index is 13.1. The molecule has 4 rings (SSSR count). The Hall–Kier alpha value is -4.20. The molecule has 1 saturated heterocycles. The number of ketones is 1. The molecular weight excluding hydrogens is 426 g/mol. The van der Waals surface area contributed by atoms with E-state index >= 15 is 0 Å². The van der Waals surface area contributed by atoms with Crippen LogP contribution in [0, 0.1) is 0 Å². The van der Waals surface area contributed by atoms with Crippen LogP contribution in [0.5, 0.6) is 17.2 Å². The molecule has 1 aliphatic heterocycles. The van der Waals surface area contributed by atoms with Crippen molar-refractivity contribution in [2.45, 2.75) is 13.0 Å². The summed E-state index contributed by atoms with van der Waals surface area (Å²) in [5, 5.41) is 11.2. The number of furan rings is 1. The largest absolute Gasteiger partial charge is 0.507 e. The molecule has 0 bridgehead atoms. The summed E-state index contributed by atoms with van der Waals surface area (Å²) in [6.45, 7) is 2.37. The van der Waals surface area contributed by atoms with Crippen molar-refractivity contribution in [3.8, 4) is 17.2 Å². The number of benzene rings is 2. The monoisotopic (exact) mass is 449 g/mol. The fraction of sp³-hybridized carbons (Fsp3) is 0.200. The van der Waals surface area contributed by atoms with Gasteiger partial charge in [0.2, 0.25) is 0 Å². The summed E-state index contributed by atoms with van der Waals surface area (Å²) >= 11 is 0. The first kappa shape index (κ1) is 22.0. The number of nitrogens with zero attached hydrogens (tertiary/aromatic N) is 1. The van der Waals surface area contributed by atoms with Crippen LogP contribution in [0.4, 0.5) is 5.69 Å². The normalized spacial score (nSPS) is 17.3. The molecule has 33 heavy (non-hydrogen) atoms. The van der Waals surface area contributed by atoms with Crippen LogP contribution in [0.15, 0.2) is 70.9 Å². The van der Waals surface area contributed by atoms with E-state index in [9.17, 15) is 14.7 Å². The number of methoxy groups -OCH3 is 2. The van der Waals surface area contributed by atoms with Crippen LogP contribution in [-0.4, -0.2) is 37.6 Å². The number of amides is 1. The minimum atomic E-state index is -0.953. The zero-order chi connectivity index (χ0) is 23.5. The van der Waals surface area contributed by atoms with E-state index in [0.29, 0.717) is 40.9 Å². The van der Waals surface area contributed by atoms with E-state index in [4.69, 9.17) is 18.6 Å². The maximum absolute atomic E-state index is 13.1. The van der Waals surface area contributed by atoms with E-state index in [2.05, 4.69) is 0 Å². The highest BCUT2D eigenvalue weighted by atomic mass is 16.5. The number of rotatable bonds is 7. The molecule has 1 amide bonds. The molecule has 1 aliphatic rings. The van der Waals surface area contributed by atoms with Crippen LogP contribution in [0.2, 0.25) is 0 Å². The molecule has 0 saturated carbocycles. The van der Waals surface area contributed by atoms with Gasteiger partial charge in [-0.05, 0) is 61.5 Å². The van der Waals surface area contributed by atoms with E-state index in [1.807, 2.05) is 6.92 Å². The minimum Gasteiger partial charge on any atom is -0.507 e. The highest BCUT2D eigenvalue weighted by Crippen LogP contribution is 2.43. The molecule has 1 fully saturated rings. The number of carbonyl (C=O) groups excluding carboxylic acids is 2. The average Bonchev–Trinajstić information content (AvgIpc) is 3.46. The standard InChI is InChI=1S/C25H23NO7/c1-4-32-17-10-8-16(9-11-17)26-22(19-6-5-13-33-19)21(24(28)25(26)29)23(27)15-7-12-18(30-2)20(14-15)31-3/h5-14,22,27H,4H2,1-3H3/b23-21-. The Balaban J connectivity index is 1.85. The highest BCUT2D eigenvalue weighted by Gasteiger charge is 2.48. The molecule has 3 aromatic rings. The number of aliphatic hydroxyl groups is 1. The van der Waals surface area contributed by atoms with Gasteiger partial charge in [0.05, 0.1) is 32.7 Å². The predicted octanol–water partition coefficient (Wildman–Crippen LogP) is 4.32. The van der Waals surface area contributed by atoms with Crippen molar-refractivity contribution >= 4 is 23.1 Å². The number of carbonyl (C=O) groups is 2. The third kappa shape index (κ3) is 3.91. The Morgan fingerprint density at radius 2 is 1.76 bits per heavy atom. The molecule has 0 radical (unpaired) electrons. The quantitative estimate of drug-likeness (QED) is 0.326. The molecule has 1 N–H and O–H groups in total. The van der Waals surface area contributed by atoms with Gasteiger partial charge >= 0.3 is 0 Å². The first-order chi connectivity index (χ1) is 16.0. The van der Waals surface area contributed by atoms with Gasteiger partial charge in [-0.1, -0.05) is 0 Å². The third-order valence-electron chi connectivity index (χ3n) is 5.34. The van der Waals surface area contributed by atoms with Crippen molar-refractivity contribution in [2.24, 2.45) is 0 Å². The van der Waals surface area contributed by atoms with E-state index < -0.39 is 17.7 Å². The Labute approximate surface area is 190 Å². The SMILES string of the molecule is CCOc1ccc(N2C(=O)C(=O)/C(=C(\O)c3ccc(OC)c(OC)c3)C2c2ccco2)cc1. The van der Waals surface area contributed by atoms with Crippen LogP contribution in [0.25, 0.3) is 5.76 Å². The lowest BCUT2D eigenvalue weighted by molar-refractivity contribution is -0.132. The van der Waals surface area contributed by atoms with Crippen molar-refractivity contribution in [3.63, 3.8) is 0 Å². The maximum Gasteiger partial charge on any atom is 0.300 e. The predicted molar refractivity (Wildman–Crippen MR) is 121 cm³/mol. The zero-order valence-electron chi connectivity index (χ0n) is 18.4. The molecule has 2 heterocycles. The second-order valence-electron chi connectivity index (χ2n) is 7.18. The highest BCUT2D eigenvalue weighted by molar-refractivity contribution is 6.51. The van der Waals surface area contributed by atoms with Gasteiger partial charge < -0.3 is 23.7 Å². The first-order valence-corrected chi connectivity index (χ1v) is 10.3. The smallest absolute Gasteiger partial charge is 0.300 e. The summed E-state index contributed by atoms with van der Waals surface area (Å²) in [6, 6.07) is 13.9. The number of Topliss-reactive ketones (excluding diaryl/α,β-unsaturated/α-hetero) is 1. The number of hydrogen-bond acceptors (Lipinski definition) is 7. The van der Waals surface area contributed by atoms with Gasteiger partial charge in [-0.15, -0.1) is 0 Å². The van der Waals surface area contributed by atoms with Crippen LogP contribution in [-0.2, 0) is 9.59 Å². The van der Waals surface area contributed by atoms with E-state index in [1.54, 1.807) is 48.5 Å². The lowest BCUT2D eigenvalue weighted by atomic mass is 9.99. The van der Waals surface area contributed by atoms with Crippen molar-refractivity contribution in [2.75, 3.05) is 25.7 Å². The Bertz CT molecular complexity index is 1200. The van der Waals surface area contributed by atoms with Crippen LogP contribution >= 0.6 is 0 Å². The number of anilines is 1. The molecule has 170 valence electrons. The first-order valence-electron chi connectivity index (χ1n) is 10.3. The Morgan fingerprint density at radius 3 is 2.36 bits per heavy atom. The average molecular weight is 449 g/mol. The number of hydrogen-bond donors (Lipinski definition) is 1. The summed E-state index contributed by atoms with van der Waals surface area (Å²) < 4.78 is 21.6. The van der Waals surface area contributed by atoms with Crippen LogP contribution in [0.3, 0.4) is 0 Å². The second kappa shape index (κ2) is 9.12. The summed E-state index contributed by atoms with van der Waals surface area (Å²) in [5.41, 5.74) is 0.679. The molecule has 1 unspecified atom stereocenters. The lowest BCUT2D eigenvalue weighted by Crippen LogP contribution is -2.29. The van der Waals surface area contributed by atoms with E-state index in [-0.39, 0.29) is 11.3 Å². The van der Waals surface area contributed by atoms with Gasteiger partial charge in [-0.3, -0.25) is 14.5 Å². The third-order valence-corrected chi connectivity index (χ3v) is 5.34. The molecule has 0 aliphatic carbocycles. The lowest BCUT2D eigenvalue weighted by Gasteiger charge is -2.23. The molecule has 0 spiro atoms. The van der Waals surface area contributed by atoms with Gasteiger partial charge in [0.15, 0.2) is 11.5 Å². The van der Waals surface area contributed by atoms with E-state index in [1.165, 1.54) is 31.4 Å². The fourth-order valence-corrected chi connectivity index (χ4v) is 3.82. The molecule has 1 aromatic heterocycles. The molecule has 2 aromatic carbocycles. The Morgan fingerprint density at radius 1 is 1.03 bits per heavy atom. The topological polar surface area (TPSA) is 98.4 Å². The van der Waals surface area contributed by atoms with Gasteiger partial charge in [0, 0.05) is 11.3 Å². The van der Waals surface area contributed by atoms with E-state index in [0.717, 1.165) is 0 Å². The molecule has 8 nitrogen and oxygen atoms in total. The fourth-order valence-electron chi connectivity index (χ4n) is 3.82. The molecule has 8 heteroatoms. The molecule has 1 atom stereocenters. The van der Waals surface area contributed by atoms with Crippen molar-refractivity contribution in [1.29, 1.82) is 0 Å². The summed E-state index contributed by atoms with van der Waals surface area (Å²) in [5.74, 6) is -0.129. The van der Waals surface area contributed by atoms with Crippen LogP contribution < -0.4 is 19.1 Å². The van der Waals surface area contributed by atoms with Gasteiger partial charge in [0.1, 0.15) is 23.3 Å². The number of ether oxygens (including phenoxy) is 3. The van der Waals surface area contributed by atoms with Crippen molar-refractivity contribution < 1.29 is 33.3 Å². The number of aliphatic hydroxyl groups excluding tert-OH is 1. The molecular formula is C25H23NO7. The van der Waals surface area contributed by atoms with Crippen molar-refractivity contribution in [1.82, 2.24) is 0 Å². The van der Waals surface area contributed by atoms with Gasteiger partial charge in [0.25, 0.3) is 11.7 Å². The van der Waals surface area contributed by atoms with Crippen molar-refractivity contribution in [3.05, 3.63) is 77.8 Å². The summed E-state index contributed by atoms with van der Waals surface area (Å²) in [4.78, 5) is 27.5. The van der Waals surface area contributed by atoms with Gasteiger partial charge in [-0.2, -0.15) is 0 Å². The Kier molecular flexibility index (Phi) is 6.08. The van der Waals surface area contributed by atoms with Crippen LogP contribution in [0.1, 0.15) is 24.3 Å².